The number of benzene rings is 2. The van der Waals surface area contributed by atoms with E-state index in [1.807, 2.05) is 13.0 Å². The van der Waals surface area contributed by atoms with E-state index in [1.165, 1.54) is 23.6 Å². The second-order valence-corrected chi connectivity index (χ2v) is 7.62. The van der Waals surface area contributed by atoms with Crippen LogP contribution in [-0.2, 0) is 14.3 Å². The molecule has 2 amide bonds. The number of anilines is 2. The fraction of sp³-hybridized carbons (Fsp3) is 0.238. The number of nitrogens with one attached hydrogen (secondary N) is 2. The van der Waals surface area contributed by atoms with E-state index in [2.05, 4.69) is 30.9 Å². The number of esters is 1. The Hall–Kier alpha value is -3.73. The number of methoxy groups -OCH3 is 1. The van der Waals surface area contributed by atoms with Crippen LogP contribution < -0.4 is 10.6 Å². The third kappa shape index (κ3) is 5.70. The van der Waals surface area contributed by atoms with Gasteiger partial charge in [-0.15, -0.1) is 5.10 Å². The smallest absolute Gasteiger partial charge is 0.337 e. The van der Waals surface area contributed by atoms with Crippen molar-refractivity contribution in [3.63, 3.8) is 0 Å². The number of carbonyl (C=O) groups is 3. The van der Waals surface area contributed by atoms with Crippen LogP contribution in [0.2, 0.25) is 0 Å². The van der Waals surface area contributed by atoms with Gasteiger partial charge in [-0.2, -0.15) is 4.68 Å². The number of carbonyl (C=O) groups excluding carboxylic acids is 3. The summed E-state index contributed by atoms with van der Waals surface area (Å²) < 4.78 is 6.16. The van der Waals surface area contributed by atoms with Crippen molar-refractivity contribution < 1.29 is 19.1 Å². The molecule has 0 atom stereocenters. The van der Waals surface area contributed by atoms with E-state index in [1.54, 1.807) is 43.3 Å². The summed E-state index contributed by atoms with van der Waals surface area (Å²) in [5.74, 6) is -0.709. The highest BCUT2D eigenvalue weighted by Crippen LogP contribution is 2.22. The van der Waals surface area contributed by atoms with Gasteiger partial charge in [0.2, 0.25) is 17.0 Å². The van der Waals surface area contributed by atoms with Gasteiger partial charge < -0.3 is 15.4 Å². The summed E-state index contributed by atoms with van der Waals surface area (Å²) in [4.78, 5) is 35.7. The number of amides is 2. The Balaban J connectivity index is 1.63. The quantitative estimate of drug-likeness (QED) is 0.393. The van der Waals surface area contributed by atoms with Gasteiger partial charge in [-0.1, -0.05) is 24.8 Å². The normalized spacial score (nSPS) is 10.5. The average molecular weight is 455 g/mol. The van der Waals surface area contributed by atoms with Gasteiger partial charge in [0.1, 0.15) is 0 Å². The number of hydrogen-bond acceptors (Lipinski definition) is 8. The highest BCUT2D eigenvalue weighted by molar-refractivity contribution is 7.99. The molecule has 3 rings (SSSR count). The van der Waals surface area contributed by atoms with Crippen LogP contribution in [0.1, 0.15) is 29.3 Å². The molecule has 0 unspecified atom stereocenters. The molecule has 1 aromatic heterocycles. The minimum Gasteiger partial charge on any atom is -0.465 e. The summed E-state index contributed by atoms with van der Waals surface area (Å²) >= 11 is 1.17. The third-order valence-corrected chi connectivity index (χ3v) is 5.34. The van der Waals surface area contributed by atoms with Crippen molar-refractivity contribution in [1.29, 1.82) is 0 Å². The molecule has 10 nitrogen and oxygen atoms in total. The van der Waals surface area contributed by atoms with E-state index in [0.29, 0.717) is 34.2 Å². The lowest BCUT2D eigenvalue weighted by atomic mass is 10.1. The van der Waals surface area contributed by atoms with Crippen molar-refractivity contribution in [3.05, 3.63) is 53.6 Å². The Labute approximate surface area is 188 Å². The Bertz CT molecular complexity index is 1130. The molecule has 0 saturated heterocycles. The van der Waals surface area contributed by atoms with Crippen LogP contribution >= 0.6 is 11.8 Å². The van der Waals surface area contributed by atoms with Crippen molar-refractivity contribution in [2.24, 2.45) is 0 Å². The van der Waals surface area contributed by atoms with Gasteiger partial charge in [0.05, 0.1) is 24.1 Å². The first-order valence-corrected chi connectivity index (χ1v) is 10.7. The molecule has 0 aliphatic carbocycles. The summed E-state index contributed by atoms with van der Waals surface area (Å²) in [5.41, 5.74) is 3.18. The maximum absolute atomic E-state index is 12.4. The van der Waals surface area contributed by atoms with E-state index in [4.69, 9.17) is 0 Å². The van der Waals surface area contributed by atoms with Gasteiger partial charge in [0.25, 0.3) is 0 Å². The molecule has 0 spiro atoms. The zero-order valence-corrected chi connectivity index (χ0v) is 18.6. The molecule has 0 bridgehead atoms. The molecule has 11 heteroatoms. The summed E-state index contributed by atoms with van der Waals surface area (Å²) in [6.07, 6.45) is 0.368. The second kappa shape index (κ2) is 10.5. The number of aromatic nitrogens is 4. The van der Waals surface area contributed by atoms with Crippen molar-refractivity contribution in [3.8, 4) is 5.69 Å². The van der Waals surface area contributed by atoms with Crippen LogP contribution in [0.15, 0.2) is 47.6 Å². The Kier molecular flexibility index (Phi) is 7.55. The fourth-order valence-corrected chi connectivity index (χ4v) is 3.38. The van der Waals surface area contributed by atoms with Crippen LogP contribution in [0.5, 0.6) is 0 Å². The first kappa shape index (κ1) is 22.9. The van der Waals surface area contributed by atoms with Gasteiger partial charge in [0.15, 0.2) is 0 Å². The zero-order valence-electron chi connectivity index (χ0n) is 17.8. The van der Waals surface area contributed by atoms with Crippen molar-refractivity contribution in [1.82, 2.24) is 20.2 Å². The lowest BCUT2D eigenvalue weighted by Gasteiger charge is -2.11. The Morgan fingerprint density at radius 2 is 1.81 bits per heavy atom. The van der Waals surface area contributed by atoms with Gasteiger partial charge in [0, 0.05) is 17.8 Å². The van der Waals surface area contributed by atoms with Crippen molar-refractivity contribution in [2.75, 3.05) is 23.5 Å². The first-order valence-electron chi connectivity index (χ1n) is 9.71. The van der Waals surface area contributed by atoms with E-state index in [9.17, 15) is 14.4 Å². The molecular weight excluding hydrogens is 432 g/mol. The van der Waals surface area contributed by atoms with Gasteiger partial charge in [-0.3, -0.25) is 9.59 Å². The van der Waals surface area contributed by atoms with Crippen LogP contribution in [0, 0.1) is 6.92 Å². The molecular formula is C21H22N6O4S. The Morgan fingerprint density at radius 1 is 1.06 bits per heavy atom. The lowest BCUT2D eigenvalue weighted by molar-refractivity contribution is -0.116. The van der Waals surface area contributed by atoms with E-state index in [0.717, 1.165) is 5.56 Å². The molecule has 1 heterocycles. The maximum Gasteiger partial charge on any atom is 0.337 e. The Morgan fingerprint density at radius 3 is 2.50 bits per heavy atom. The summed E-state index contributed by atoms with van der Waals surface area (Å²) in [7, 11) is 1.32. The SMILES string of the molecule is CCC(=O)Nc1cc(NC(=O)CSc2nnnn2-c2ccc(C(=O)OC)cc2)ccc1C. The number of ether oxygens (including phenoxy) is 1. The molecule has 0 saturated carbocycles. The van der Waals surface area contributed by atoms with Crippen LogP contribution in [0.4, 0.5) is 11.4 Å². The highest BCUT2D eigenvalue weighted by atomic mass is 32.2. The predicted octanol–water partition coefficient (Wildman–Crippen LogP) is 2.84. The molecule has 32 heavy (non-hydrogen) atoms. The van der Waals surface area contributed by atoms with Gasteiger partial charge >= 0.3 is 5.97 Å². The minimum absolute atomic E-state index is 0.0746. The number of thioether (sulfide) groups is 1. The predicted molar refractivity (Wildman–Crippen MR) is 120 cm³/mol. The number of hydrogen-bond donors (Lipinski definition) is 2. The molecule has 2 N–H and O–H groups in total. The van der Waals surface area contributed by atoms with Crippen LogP contribution in [0.25, 0.3) is 5.69 Å². The average Bonchev–Trinajstić information content (AvgIpc) is 3.28. The summed E-state index contributed by atoms with van der Waals surface area (Å²) in [6, 6.07) is 11.9. The summed E-state index contributed by atoms with van der Waals surface area (Å²) in [5, 5.41) is 17.6. The zero-order chi connectivity index (χ0) is 23.1. The summed E-state index contributed by atoms with van der Waals surface area (Å²) in [6.45, 7) is 3.65. The molecule has 2 aromatic carbocycles. The molecule has 0 fully saturated rings. The highest BCUT2D eigenvalue weighted by Gasteiger charge is 2.13. The number of aryl methyl sites for hydroxylation is 1. The lowest BCUT2D eigenvalue weighted by Crippen LogP contribution is -2.16. The number of tetrazole rings is 1. The maximum atomic E-state index is 12.4. The number of nitrogens with zero attached hydrogens (tertiary/aromatic N) is 4. The van der Waals surface area contributed by atoms with Crippen molar-refractivity contribution in [2.45, 2.75) is 25.4 Å². The van der Waals surface area contributed by atoms with Gasteiger partial charge in [-0.05, 0) is 59.3 Å². The molecule has 166 valence electrons. The fourth-order valence-electron chi connectivity index (χ4n) is 2.69. The molecule has 0 radical (unpaired) electrons. The van der Waals surface area contributed by atoms with E-state index < -0.39 is 5.97 Å². The molecule has 0 aliphatic rings. The monoisotopic (exact) mass is 454 g/mol. The third-order valence-electron chi connectivity index (χ3n) is 4.42. The van der Waals surface area contributed by atoms with E-state index in [-0.39, 0.29) is 17.6 Å². The topological polar surface area (TPSA) is 128 Å². The van der Waals surface area contributed by atoms with Crippen LogP contribution in [-0.4, -0.2) is 50.9 Å². The molecule has 3 aromatic rings. The van der Waals surface area contributed by atoms with Gasteiger partial charge in [-0.25, -0.2) is 4.79 Å². The molecule has 0 aliphatic heterocycles. The largest absolute Gasteiger partial charge is 0.465 e. The standard InChI is InChI=1S/C21H22N6O4S/c1-4-18(28)23-17-11-15(8-5-13(17)2)22-19(29)12-32-21-24-25-26-27(21)16-9-6-14(7-10-16)20(30)31-3/h5-11H,4,12H2,1-3H3,(H,22,29)(H,23,28). The van der Waals surface area contributed by atoms with Crippen LogP contribution in [0.3, 0.4) is 0 Å². The minimum atomic E-state index is -0.437. The van der Waals surface area contributed by atoms with Crippen molar-refractivity contribution >= 4 is 40.9 Å². The number of rotatable bonds is 8. The second-order valence-electron chi connectivity index (χ2n) is 6.68. The van der Waals surface area contributed by atoms with E-state index >= 15 is 0 Å². The first-order chi connectivity index (χ1) is 15.4.